The number of imidazole rings is 1. The first-order valence-corrected chi connectivity index (χ1v) is 4.73. The van der Waals surface area contributed by atoms with Crippen molar-refractivity contribution in [3.8, 4) is 0 Å². The van der Waals surface area contributed by atoms with Crippen molar-refractivity contribution in [1.82, 2.24) is 9.55 Å². The maximum Gasteiger partial charge on any atom is 0.141 e. The Hall–Kier alpha value is -1.03. The number of aromatic nitrogens is 2. The van der Waals surface area contributed by atoms with Gasteiger partial charge in [-0.3, -0.25) is 0 Å². The normalized spacial score (nSPS) is 22.3. The quantitative estimate of drug-likeness (QED) is 0.757. The maximum atomic E-state index is 5.52. The summed E-state index contributed by atoms with van der Waals surface area (Å²) >= 11 is 0. The molecule has 1 aliphatic heterocycles. The summed E-state index contributed by atoms with van der Waals surface area (Å²) < 4.78 is 7.53. The molecule has 0 saturated carbocycles. The van der Waals surface area contributed by atoms with Crippen LogP contribution < -0.4 is 5.73 Å². The van der Waals surface area contributed by atoms with E-state index in [9.17, 15) is 0 Å². The molecule has 13 heavy (non-hydrogen) atoms. The third kappa shape index (κ3) is 2.21. The second-order valence-corrected chi connectivity index (χ2v) is 3.46. The van der Waals surface area contributed by atoms with Crippen molar-refractivity contribution in [2.24, 2.45) is 0 Å². The van der Waals surface area contributed by atoms with E-state index < -0.39 is 0 Å². The summed E-state index contributed by atoms with van der Waals surface area (Å²) in [7, 11) is 0. The molecular formula is C9H15N3O. The molecule has 0 bridgehead atoms. The zero-order valence-corrected chi connectivity index (χ0v) is 7.65. The molecule has 2 rings (SSSR count). The van der Waals surface area contributed by atoms with Crippen LogP contribution in [0, 0.1) is 0 Å². The standard InChI is InChI=1S/C9H15N3O/c10-9-6-12(7-11-9)4-3-8-2-1-5-13-8/h6-8H,1-5,10H2. The second kappa shape index (κ2) is 3.79. The largest absolute Gasteiger partial charge is 0.382 e. The summed E-state index contributed by atoms with van der Waals surface area (Å²) in [5, 5.41) is 0. The Bertz CT molecular complexity index is 266. The minimum Gasteiger partial charge on any atom is -0.382 e. The van der Waals surface area contributed by atoms with E-state index in [1.165, 1.54) is 12.8 Å². The van der Waals surface area contributed by atoms with Crippen molar-refractivity contribution in [2.75, 3.05) is 12.3 Å². The van der Waals surface area contributed by atoms with Gasteiger partial charge in [0.2, 0.25) is 0 Å². The highest BCUT2D eigenvalue weighted by Gasteiger charge is 2.14. The summed E-state index contributed by atoms with van der Waals surface area (Å²) in [5.74, 6) is 0.590. The molecule has 4 nitrogen and oxygen atoms in total. The lowest BCUT2D eigenvalue weighted by molar-refractivity contribution is 0.100. The highest BCUT2D eigenvalue weighted by atomic mass is 16.5. The van der Waals surface area contributed by atoms with Crippen LogP contribution in [-0.4, -0.2) is 22.3 Å². The molecule has 2 N–H and O–H groups in total. The number of rotatable bonds is 3. The molecule has 1 saturated heterocycles. The molecule has 1 aliphatic rings. The van der Waals surface area contributed by atoms with E-state index in [2.05, 4.69) is 4.98 Å². The predicted octanol–water partition coefficient (Wildman–Crippen LogP) is 1.03. The van der Waals surface area contributed by atoms with Gasteiger partial charge in [0.05, 0.1) is 12.4 Å². The van der Waals surface area contributed by atoms with E-state index in [1.807, 2.05) is 10.8 Å². The van der Waals surface area contributed by atoms with Gasteiger partial charge in [0.1, 0.15) is 5.82 Å². The third-order valence-corrected chi connectivity index (χ3v) is 2.39. The van der Waals surface area contributed by atoms with Crippen molar-refractivity contribution in [3.63, 3.8) is 0 Å². The topological polar surface area (TPSA) is 53.1 Å². The van der Waals surface area contributed by atoms with Gasteiger partial charge in [-0.1, -0.05) is 0 Å². The first-order chi connectivity index (χ1) is 6.34. The van der Waals surface area contributed by atoms with E-state index in [1.54, 1.807) is 6.33 Å². The van der Waals surface area contributed by atoms with Gasteiger partial charge < -0.3 is 15.0 Å². The Labute approximate surface area is 77.7 Å². The highest BCUT2D eigenvalue weighted by molar-refractivity contribution is 5.22. The van der Waals surface area contributed by atoms with Gasteiger partial charge in [0.25, 0.3) is 0 Å². The molecule has 0 aromatic carbocycles. The molecule has 0 aliphatic carbocycles. The number of nitrogens with zero attached hydrogens (tertiary/aromatic N) is 2. The average molecular weight is 181 g/mol. The lowest BCUT2D eigenvalue weighted by Gasteiger charge is -2.08. The Kier molecular flexibility index (Phi) is 2.49. The van der Waals surface area contributed by atoms with Crippen LogP contribution in [0.3, 0.4) is 0 Å². The maximum absolute atomic E-state index is 5.52. The first-order valence-electron chi connectivity index (χ1n) is 4.73. The molecule has 0 amide bonds. The highest BCUT2D eigenvalue weighted by Crippen LogP contribution is 2.16. The molecule has 1 fully saturated rings. The van der Waals surface area contributed by atoms with Gasteiger partial charge in [-0.15, -0.1) is 0 Å². The summed E-state index contributed by atoms with van der Waals surface area (Å²) in [6.45, 7) is 1.88. The molecule has 72 valence electrons. The number of ether oxygens (including phenoxy) is 1. The molecule has 1 unspecified atom stereocenters. The Morgan fingerprint density at radius 3 is 3.23 bits per heavy atom. The SMILES string of the molecule is Nc1cn(CCC2CCCO2)cn1. The molecule has 1 aromatic heterocycles. The van der Waals surface area contributed by atoms with Crippen LogP contribution in [0.1, 0.15) is 19.3 Å². The summed E-state index contributed by atoms with van der Waals surface area (Å²) in [6, 6.07) is 0. The van der Waals surface area contributed by atoms with Crippen LogP contribution in [0.2, 0.25) is 0 Å². The summed E-state index contributed by atoms with van der Waals surface area (Å²) in [4.78, 5) is 3.96. The van der Waals surface area contributed by atoms with E-state index >= 15 is 0 Å². The van der Waals surface area contributed by atoms with Crippen molar-refractivity contribution in [1.29, 1.82) is 0 Å². The Morgan fingerprint density at radius 2 is 2.62 bits per heavy atom. The van der Waals surface area contributed by atoms with Crippen LogP contribution in [-0.2, 0) is 11.3 Å². The number of nitrogens with two attached hydrogens (primary N) is 1. The van der Waals surface area contributed by atoms with Gasteiger partial charge in [0, 0.05) is 19.3 Å². The lowest BCUT2D eigenvalue weighted by Crippen LogP contribution is -2.08. The van der Waals surface area contributed by atoms with E-state index in [4.69, 9.17) is 10.5 Å². The number of nitrogen functional groups attached to an aromatic ring is 1. The number of hydrogen-bond acceptors (Lipinski definition) is 3. The van der Waals surface area contributed by atoms with Crippen LogP contribution >= 0.6 is 0 Å². The second-order valence-electron chi connectivity index (χ2n) is 3.46. The lowest BCUT2D eigenvalue weighted by atomic mass is 10.2. The molecule has 0 radical (unpaired) electrons. The van der Waals surface area contributed by atoms with Crippen LogP contribution in [0.5, 0.6) is 0 Å². The van der Waals surface area contributed by atoms with Gasteiger partial charge in [-0.05, 0) is 19.3 Å². The predicted molar refractivity (Wildman–Crippen MR) is 50.2 cm³/mol. The van der Waals surface area contributed by atoms with Crippen LogP contribution in [0.15, 0.2) is 12.5 Å². The van der Waals surface area contributed by atoms with E-state index in [0.717, 1.165) is 19.6 Å². The monoisotopic (exact) mass is 181 g/mol. The van der Waals surface area contributed by atoms with E-state index in [0.29, 0.717) is 11.9 Å². The summed E-state index contributed by atoms with van der Waals surface area (Å²) in [6.07, 6.45) is 7.54. The molecule has 1 aromatic rings. The smallest absolute Gasteiger partial charge is 0.141 e. The van der Waals surface area contributed by atoms with E-state index in [-0.39, 0.29) is 0 Å². The molecule has 1 atom stereocenters. The minimum absolute atomic E-state index is 0.448. The molecular weight excluding hydrogens is 166 g/mol. The Morgan fingerprint density at radius 1 is 1.69 bits per heavy atom. The fourth-order valence-electron chi connectivity index (χ4n) is 1.66. The number of hydrogen-bond donors (Lipinski definition) is 1. The van der Waals surface area contributed by atoms with Crippen LogP contribution in [0.4, 0.5) is 5.82 Å². The van der Waals surface area contributed by atoms with Crippen molar-refractivity contribution in [3.05, 3.63) is 12.5 Å². The zero-order valence-electron chi connectivity index (χ0n) is 7.65. The number of aryl methyl sites for hydroxylation is 1. The van der Waals surface area contributed by atoms with Gasteiger partial charge in [-0.25, -0.2) is 4.98 Å². The zero-order chi connectivity index (χ0) is 9.10. The molecule has 4 heteroatoms. The fraction of sp³-hybridized carbons (Fsp3) is 0.667. The van der Waals surface area contributed by atoms with Gasteiger partial charge in [-0.2, -0.15) is 0 Å². The average Bonchev–Trinajstić information content (AvgIpc) is 2.71. The van der Waals surface area contributed by atoms with Gasteiger partial charge >= 0.3 is 0 Å². The van der Waals surface area contributed by atoms with Crippen molar-refractivity contribution < 1.29 is 4.74 Å². The first kappa shape index (κ1) is 8.56. The Balaban J connectivity index is 1.78. The van der Waals surface area contributed by atoms with Crippen molar-refractivity contribution >= 4 is 5.82 Å². The van der Waals surface area contributed by atoms with Crippen molar-refractivity contribution in [2.45, 2.75) is 31.9 Å². The number of anilines is 1. The molecule has 0 spiro atoms. The van der Waals surface area contributed by atoms with Crippen LogP contribution in [0.25, 0.3) is 0 Å². The fourth-order valence-corrected chi connectivity index (χ4v) is 1.66. The minimum atomic E-state index is 0.448. The summed E-state index contributed by atoms with van der Waals surface area (Å²) in [5.41, 5.74) is 5.50. The molecule has 2 heterocycles. The third-order valence-electron chi connectivity index (χ3n) is 2.39. The van der Waals surface area contributed by atoms with Gasteiger partial charge in [0.15, 0.2) is 0 Å².